The number of carbonyl (C=O) groups is 1. The number of anilines is 1. The van der Waals surface area contributed by atoms with E-state index in [-0.39, 0.29) is 18.4 Å². The smallest absolute Gasteiger partial charge is 0.227 e. The van der Waals surface area contributed by atoms with Gasteiger partial charge in [-0.2, -0.15) is 0 Å². The second-order valence-corrected chi connectivity index (χ2v) is 5.88. The third-order valence-corrected chi connectivity index (χ3v) is 4.10. The number of amides is 1. The molecule has 0 spiro atoms. The van der Waals surface area contributed by atoms with Crippen LogP contribution in [0.15, 0.2) is 18.2 Å². The second kappa shape index (κ2) is 8.98. The van der Waals surface area contributed by atoms with Crippen molar-refractivity contribution in [2.45, 2.75) is 26.0 Å². The predicted octanol–water partition coefficient (Wildman–Crippen LogP) is 1.13. The van der Waals surface area contributed by atoms with E-state index in [1.54, 1.807) is 7.11 Å². The fourth-order valence-electron chi connectivity index (χ4n) is 2.59. The molecule has 1 aromatic carbocycles. The highest BCUT2D eigenvalue weighted by atomic mass is 16.5. The van der Waals surface area contributed by atoms with E-state index in [0.29, 0.717) is 6.54 Å². The predicted molar refractivity (Wildman–Crippen MR) is 90.4 cm³/mol. The van der Waals surface area contributed by atoms with Crippen LogP contribution in [0.2, 0.25) is 0 Å². The van der Waals surface area contributed by atoms with Gasteiger partial charge in [0.2, 0.25) is 5.91 Å². The van der Waals surface area contributed by atoms with Crippen LogP contribution in [0.5, 0.6) is 0 Å². The summed E-state index contributed by atoms with van der Waals surface area (Å²) in [6.45, 7) is 6.66. The first-order valence-electron chi connectivity index (χ1n) is 8.04. The van der Waals surface area contributed by atoms with Gasteiger partial charge in [-0.25, -0.2) is 0 Å². The molecule has 1 heterocycles. The van der Waals surface area contributed by atoms with Gasteiger partial charge in [-0.3, -0.25) is 9.69 Å². The summed E-state index contributed by atoms with van der Waals surface area (Å²) in [6, 6.07) is 6.20. The molecule has 1 amide bonds. The average molecular weight is 321 g/mol. The van der Waals surface area contributed by atoms with Gasteiger partial charge < -0.3 is 20.5 Å². The topological polar surface area (TPSA) is 76.8 Å². The van der Waals surface area contributed by atoms with Gasteiger partial charge in [0.1, 0.15) is 0 Å². The maximum atomic E-state index is 12.1. The molecule has 1 fully saturated rings. The molecule has 0 saturated carbocycles. The summed E-state index contributed by atoms with van der Waals surface area (Å²) in [6.07, 6.45) is 0.0204. The molecule has 0 aliphatic carbocycles. The number of methoxy groups -OCH3 is 1. The number of hydrogen-bond acceptors (Lipinski definition) is 5. The van der Waals surface area contributed by atoms with Crippen molar-refractivity contribution in [1.29, 1.82) is 0 Å². The summed E-state index contributed by atoms with van der Waals surface area (Å²) >= 11 is 0. The first-order chi connectivity index (χ1) is 11.1. The van der Waals surface area contributed by atoms with Gasteiger partial charge in [0, 0.05) is 39.0 Å². The van der Waals surface area contributed by atoms with Crippen LogP contribution in [-0.4, -0.2) is 56.9 Å². The van der Waals surface area contributed by atoms with Gasteiger partial charge in [-0.15, -0.1) is 0 Å². The first kappa shape index (κ1) is 17.9. The van der Waals surface area contributed by atoms with Crippen molar-refractivity contribution in [3.05, 3.63) is 29.3 Å². The molecule has 0 aromatic heterocycles. The van der Waals surface area contributed by atoms with Gasteiger partial charge in [0.25, 0.3) is 0 Å². The Hall–Kier alpha value is -1.47. The van der Waals surface area contributed by atoms with Gasteiger partial charge in [-0.1, -0.05) is 12.1 Å². The zero-order chi connectivity index (χ0) is 16.7. The first-order valence-corrected chi connectivity index (χ1v) is 8.04. The van der Waals surface area contributed by atoms with Crippen molar-refractivity contribution in [2.24, 2.45) is 5.73 Å². The molecule has 1 atom stereocenters. The van der Waals surface area contributed by atoms with Crippen molar-refractivity contribution in [2.75, 3.05) is 45.3 Å². The molecule has 1 aliphatic heterocycles. The zero-order valence-electron chi connectivity index (χ0n) is 14.0. The maximum absolute atomic E-state index is 12.1. The van der Waals surface area contributed by atoms with Crippen LogP contribution in [0.4, 0.5) is 5.69 Å². The molecule has 23 heavy (non-hydrogen) atoms. The average Bonchev–Trinajstić information content (AvgIpc) is 2.56. The third kappa shape index (κ3) is 5.58. The number of nitrogens with two attached hydrogens (primary N) is 1. The molecule has 1 aromatic rings. The van der Waals surface area contributed by atoms with E-state index in [1.807, 2.05) is 19.1 Å². The Morgan fingerprint density at radius 3 is 2.83 bits per heavy atom. The van der Waals surface area contributed by atoms with Gasteiger partial charge >= 0.3 is 0 Å². The van der Waals surface area contributed by atoms with E-state index in [4.69, 9.17) is 15.2 Å². The highest BCUT2D eigenvalue weighted by molar-refractivity contribution is 5.91. The van der Waals surface area contributed by atoms with E-state index < -0.39 is 0 Å². The summed E-state index contributed by atoms with van der Waals surface area (Å²) in [5.41, 5.74) is 8.65. The van der Waals surface area contributed by atoms with E-state index in [0.717, 1.165) is 44.1 Å². The van der Waals surface area contributed by atoms with Gasteiger partial charge in [-0.05, 0) is 24.1 Å². The standard InChI is InChI=1S/C17H27N3O3/c1-13-3-4-14(12-20-5-7-23-8-6-20)9-16(13)19-17(21)10-15(11-18)22-2/h3-4,9,15H,5-8,10-12,18H2,1-2H3,(H,19,21). The lowest BCUT2D eigenvalue weighted by atomic mass is 10.1. The summed E-state index contributed by atoms with van der Waals surface area (Å²) < 4.78 is 10.5. The molecule has 1 unspecified atom stereocenters. The van der Waals surface area contributed by atoms with E-state index >= 15 is 0 Å². The molecule has 1 saturated heterocycles. The molecule has 0 bridgehead atoms. The number of rotatable bonds is 7. The number of nitrogens with zero attached hydrogens (tertiary/aromatic N) is 1. The molecular weight excluding hydrogens is 294 g/mol. The molecule has 6 heteroatoms. The van der Waals surface area contributed by atoms with Crippen molar-refractivity contribution in [1.82, 2.24) is 4.90 Å². The van der Waals surface area contributed by atoms with Crippen LogP contribution in [0.3, 0.4) is 0 Å². The second-order valence-electron chi connectivity index (χ2n) is 5.88. The Bertz CT molecular complexity index is 512. The van der Waals surface area contributed by atoms with Crippen molar-refractivity contribution in [3.8, 4) is 0 Å². The van der Waals surface area contributed by atoms with E-state index in [9.17, 15) is 4.79 Å². The fourth-order valence-corrected chi connectivity index (χ4v) is 2.59. The quantitative estimate of drug-likeness (QED) is 0.787. The monoisotopic (exact) mass is 321 g/mol. The summed E-state index contributed by atoms with van der Waals surface area (Å²) in [7, 11) is 1.57. The number of morpholine rings is 1. The summed E-state index contributed by atoms with van der Waals surface area (Å²) in [4.78, 5) is 14.5. The number of benzene rings is 1. The van der Waals surface area contributed by atoms with Gasteiger partial charge in [0.15, 0.2) is 0 Å². The van der Waals surface area contributed by atoms with Crippen LogP contribution < -0.4 is 11.1 Å². The van der Waals surface area contributed by atoms with Crippen LogP contribution >= 0.6 is 0 Å². The maximum Gasteiger partial charge on any atom is 0.227 e. The number of carbonyl (C=O) groups excluding carboxylic acids is 1. The minimum absolute atomic E-state index is 0.0751. The Kier molecular flexibility index (Phi) is 6.98. The summed E-state index contributed by atoms with van der Waals surface area (Å²) in [5, 5.41) is 2.97. The zero-order valence-corrected chi connectivity index (χ0v) is 14.0. The van der Waals surface area contributed by atoms with Crippen molar-refractivity contribution in [3.63, 3.8) is 0 Å². The normalized spacial score (nSPS) is 17.0. The lowest BCUT2D eigenvalue weighted by Crippen LogP contribution is -2.35. The minimum Gasteiger partial charge on any atom is -0.380 e. The highest BCUT2D eigenvalue weighted by Gasteiger charge is 2.14. The number of aryl methyl sites for hydroxylation is 1. The van der Waals surface area contributed by atoms with Crippen LogP contribution in [0.1, 0.15) is 17.5 Å². The molecule has 6 nitrogen and oxygen atoms in total. The molecule has 1 aliphatic rings. The summed E-state index contributed by atoms with van der Waals surface area (Å²) in [5.74, 6) is -0.0751. The highest BCUT2D eigenvalue weighted by Crippen LogP contribution is 2.19. The number of nitrogens with one attached hydrogen (secondary N) is 1. The lowest BCUT2D eigenvalue weighted by molar-refractivity contribution is -0.118. The van der Waals surface area contributed by atoms with E-state index in [1.165, 1.54) is 5.56 Å². The SMILES string of the molecule is COC(CN)CC(=O)Nc1cc(CN2CCOCC2)ccc1C. The van der Waals surface area contributed by atoms with Gasteiger partial charge in [0.05, 0.1) is 25.7 Å². The Morgan fingerprint density at radius 2 is 2.17 bits per heavy atom. The lowest BCUT2D eigenvalue weighted by Gasteiger charge is -2.26. The van der Waals surface area contributed by atoms with Crippen LogP contribution in [0.25, 0.3) is 0 Å². The third-order valence-electron chi connectivity index (χ3n) is 4.10. The number of ether oxygens (including phenoxy) is 2. The largest absolute Gasteiger partial charge is 0.380 e. The Labute approximate surface area is 137 Å². The Balaban J connectivity index is 1.97. The Morgan fingerprint density at radius 1 is 1.43 bits per heavy atom. The molecular formula is C17H27N3O3. The molecule has 128 valence electrons. The van der Waals surface area contributed by atoms with E-state index in [2.05, 4.69) is 16.3 Å². The fraction of sp³-hybridized carbons (Fsp3) is 0.588. The molecule has 2 rings (SSSR count). The minimum atomic E-state index is -0.244. The molecule has 0 radical (unpaired) electrons. The number of hydrogen-bond donors (Lipinski definition) is 2. The van der Waals surface area contributed by atoms with Crippen LogP contribution in [0, 0.1) is 6.92 Å². The van der Waals surface area contributed by atoms with Crippen molar-refractivity contribution < 1.29 is 14.3 Å². The molecule has 3 N–H and O–H groups in total. The van der Waals surface area contributed by atoms with Crippen molar-refractivity contribution >= 4 is 11.6 Å². The van der Waals surface area contributed by atoms with Crippen LogP contribution in [-0.2, 0) is 20.8 Å².